The summed E-state index contributed by atoms with van der Waals surface area (Å²) in [5.41, 5.74) is 3.36. The lowest BCUT2D eigenvalue weighted by atomic mass is 9.84. The third-order valence-corrected chi connectivity index (χ3v) is 4.76. The number of hydrogen-bond acceptors (Lipinski definition) is 3. The van der Waals surface area contributed by atoms with E-state index in [4.69, 9.17) is 4.84 Å². The van der Waals surface area contributed by atoms with E-state index in [0.717, 1.165) is 37.1 Å². The quantitative estimate of drug-likeness (QED) is 0.838. The van der Waals surface area contributed by atoms with Crippen LogP contribution in [0.5, 0.6) is 0 Å². The van der Waals surface area contributed by atoms with Crippen LogP contribution in [0.25, 0.3) is 0 Å². The Hall–Kier alpha value is -1.84. The molecule has 2 aliphatic rings. The van der Waals surface area contributed by atoms with Crippen molar-refractivity contribution in [3.63, 3.8) is 0 Å². The molecule has 0 saturated heterocycles. The minimum absolute atomic E-state index is 0.0152. The van der Waals surface area contributed by atoms with E-state index in [1.165, 1.54) is 12.0 Å². The lowest BCUT2D eigenvalue weighted by molar-refractivity contribution is -0.139. The van der Waals surface area contributed by atoms with Crippen molar-refractivity contribution >= 4 is 11.6 Å². The van der Waals surface area contributed by atoms with Crippen LogP contribution in [0, 0.1) is 12.8 Å². The zero-order chi connectivity index (χ0) is 15.5. The Labute approximate surface area is 132 Å². The Morgan fingerprint density at radius 1 is 1.36 bits per heavy atom. The zero-order valence-corrected chi connectivity index (χ0v) is 13.4. The number of carbonyl (C=O) groups excluding carboxylic acids is 1. The molecule has 1 saturated carbocycles. The number of rotatable bonds is 5. The standard InChI is InChI=1S/C18H24N2O2/c1-3-20(18(21)14-8-6-9-14)12-15-11-17(19-22-15)16-10-5-4-7-13(16)2/h4-5,7,10,14-15H,3,6,8-9,11-12H2,1-2H3. The SMILES string of the molecule is CCN(CC1CC(c2ccccc2C)=NO1)C(=O)C1CCC1. The van der Waals surface area contributed by atoms with Gasteiger partial charge in [0.25, 0.3) is 0 Å². The topological polar surface area (TPSA) is 41.9 Å². The van der Waals surface area contributed by atoms with Crippen LogP contribution in [-0.4, -0.2) is 35.7 Å². The molecule has 22 heavy (non-hydrogen) atoms. The smallest absolute Gasteiger partial charge is 0.225 e. The van der Waals surface area contributed by atoms with Crippen molar-refractivity contribution in [3.8, 4) is 0 Å². The van der Waals surface area contributed by atoms with Crippen LogP contribution in [-0.2, 0) is 9.63 Å². The summed E-state index contributed by atoms with van der Waals surface area (Å²) in [5.74, 6) is 0.541. The van der Waals surface area contributed by atoms with Crippen molar-refractivity contribution in [3.05, 3.63) is 35.4 Å². The van der Waals surface area contributed by atoms with E-state index in [-0.39, 0.29) is 12.0 Å². The zero-order valence-electron chi connectivity index (χ0n) is 13.4. The Morgan fingerprint density at radius 2 is 2.14 bits per heavy atom. The van der Waals surface area contributed by atoms with E-state index >= 15 is 0 Å². The largest absolute Gasteiger partial charge is 0.390 e. The van der Waals surface area contributed by atoms with Gasteiger partial charge in [0.1, 0.15) is 0 Å². The molecule has 0 aromatic heterocycles. The first kappa shape index (κ1) is 15.1. The van der Waals surface area contributed by atoms with Crippen LogP contribution >= 0.6 is 0 Å². The molecule has 1 unspecified atom stereocenters. The summed E-state index contributed by atoms with van der Waals surface area (Å²) in [5, 5.41) is 4.25. The van der Waals surface area contributed by atoms with Crippen LogP contribution in [0.3, 0.4) is 0 Å². The van der Waals surface area contributed by atoms with Gasteiger partial charge in [0.15, 0.2) is 6.10 Å². The van der Waals surface area contributed by atoms with Crippen LogP contribution < -0.4 is 0 Å². The van der Waals surface area contributed by atoms with Gasteiger partial charge in [0, 0.05) is 24.4 Å². The third-order valence-electron chi connectivity index (χ3n) is 4.76. The lowest BCUT2D eigenvalue weighted by Gasteiger charge is -2.31. The van der Waals surface area contributed by atoms with E-state index in [2.05, 4.69) is 24.2 Å². The molecule has 1 heterocycles. The summed E-state index contributed by atoms with van der Waals surface area (Å²) >= 11 is 0. The molecule has 1 aromatic carbocycles. The van der Waals surface area contributed by atoms with Gasteiger partial charge in [-0.1, -0.05) is 35.8 Å². The van der Waals surface area contributed by atoms with Gasteiger partial charge in [0.2, 0.25) is 5.91 Å². The van der Waals surface area contributed by atoms with Crippen molar-refractivity contribution < 1.29 is 9.63 Å². The molecular weight excluding hydrogens is 276 g/mol. The fourth-order valence-corrected chi connectivity index (χ4v) is 3.12. The molecule has 4 nitrogen and oxygen atoms in total. The average Bonchev–Trinajstić information content (AvgIpc) is 2.91. The van der Waals surface area contributed by atoms with E-state index in [9.17, 15) is 4.79 Å². The maximum Gasteiger partial charge on any atom is 0.225 e. The summed E-state index contributed by atoms with van der Waals surface area (Å²) in [4.78, 5) is 19.9. The molecule has 1 aliphatic carbocycles. The summed E-state index contributed by atoms with van der Waals surface area (Å²) < 4.78 is 0. The number of benzene rings is 1. The number of aryl methyl sites for hydroxylation is 1. The van der Waals surface area contributed by atoms with Gasteiger partial charge in [-0.05, 0) is 32.3 Å². The molecule has 0 bridgehead atoms. The Bertz CT molecular complexity index is 578. The molecule has 4 heteroatoms. The summed E-state index contributed by atoms with van der Waals surface area (Å²) in [6, 6.07) is 8.22. The summed E-state index contributed by atoms with van der Waals surface area (Å²) in [6.45, 7) is 5.51. The highest BCUT2D eigenvalue weighted by atomic mass is 16.6. The number of hydrogen-bond donors (Lipinski definition) is 0. The molecule has 1 fully saturated rings. The highest BCUT2D eigenvalue weighted by molar-refractivity contribution is 6.02. The molecule has 118 valence electrons. The summed E-state index contributed by atoms with van der Waals surface area (Å²) in [7, 11) is 0. The van der Waals surface area contributed by atoms with E-state index < -0.39 is 0 Å². The monoisotopic (exact) mass is 300 g/mol. The predicted octanol–water partition coefficient (Wildman–Crippen LogP) is 3.14. The maximum absolute atomic E-state index is 12.4. The number of nitrogens with zero attached hydrogens (tertiary/aromatic N) is 2. The van der Waals surface area contributed by atoms with E-state index in [1.807, 2.05) is 24.0 Å². The normalized spacial score (nSPS) is 21.0. The van der Waals surface area contributed by atoms with Crippen molar-refractivity contribution in [2.24, 2.45) is 11.1 Å². The van der Waals surface area contributed by atoms with Gasteiger partial charge in [-0.3, -0.25) is 4.79 Å². The van der Waals surface area contributed by atoms with E-state index in [0.29, 0.717) is 12.5 Å². The highest BCUT2D eigenvalue weighted by Crippen LogP contribution is 2.29. The van der Waals surface area contributed by atoms with Gasteiger partial charge in [0.05, 0.1) is 12.3 Å². The molecule has 0 radical (unpaired) electrons. The van der Waals surface area contributed by atoms with Crippen LogP contribution in [0.2, 0.25) is 0 Å². The first-order chi connectivity index (χ1) is 10.7. The Kier molecular flexibility index (Phi) is 4.46. The van der Waals surface area contributed by atoms with Crippen molar-refractivity contribution in [1.82, 2.24) is 4.90 Å². The van der Waals surface area contributed by atoms with E-state index in [1.54, 1.807) is 0 Å². The van der Waals surface area contributed by atoms with Gasteiger partial charge in [-0.25, -0.2) is 0 Å². The molecule has 1 amide bonds. The molecule has 1 atom stereocenters. The van der Waals surface area contributed by atoms with Crippen LogP contribution in [0.1, 0.15) is 43.7 Å². The van der Waals surface area contributed by atoms with Crippen LogP contribution in [0.15, 0.2) is 29.4 Å². The molecular formula is C18H24N2O2. The number of amides is 1. The molecule has 3 rings (SSSR count). The number of carbonyl (C=O) groups is 1. The Morgan fingerprint density at radius 3 is 2.77 bits per heavy atom. The van der Waals surface area contributed by atoms with Gasteiger partial charge in [-0.15, -0.1) is 0 Å². The second-order valence-corrected chi connectivity index (χ2v) is 6.29. The number of likely N-dealkylation sites (N-methyl/N-ethyl adjacent to an activating group) is 1. The fourth-order valence-electron chi connectivity index (χ4n) is 3.12. The fraction of sp³-hybridized carbons (Fsp3) is 0.556. The van der Waals surface area contributed by atoms with Crippen molar-refractivity contribution in [1.29, 1.82) is 0 Å². The molecule has 0 spiro atoms. The van der Waals surface area contributed by atoms with Gasteiger partial charge < -0.3 is 9.74 Å². The van der Waals surface area contributed by atoms with Crippen molar-refractivity contribution in [2.45, 2.75) is 45.6 Å². The minimum Gasteiger partial charge on any atom is -0.390 e. The van der Waals surface area contributed by atoms with Gasteiger partial charge in [-0.2, -0.15) is 0 Å². The van der Waals surface area contributed by atoms with Crippen LogP contribution in [0.4, 0.5) is 0 Å². The Balaban J connectivity index is 1.59. The predicted molar refractivity (Wildman–Crippen MR) is 86.8 cm³/mol. The highest BCUT2D eigenvalue weighted by Gasteiger charge is 2.32. The molecule has 0 N–H and O–H groups in total. The third kappa shape index (κ3) is 3.01. The first-order valence-electron chi connectivity index (χ1n) is 8.26. The lowest BCUT2D eigenvalue weighted by Crippen LogP contribution is -2.42. The first-order valence-corrected chi connectivity index (χ1v) is 8.26. The second kappa shape index (κ2) is 6.51. The molecule has 1 aromatic rings. The average molecular weight is 300 g/mol. The minimum atomic E-state index is -0.0152. The van der Waals surface area contributed by atoms with Gasteiger partial charge >= 0.3 is 0 Å². The maximum atomic E-state index is 12.4. The number of oxime groups is 1. The second-order valence-electron chi connectivity index (χ2n) is 6.29. The van der Waals surface area contributed by atoms with Crippen molar-refractivity contribution in [2.75, 3.05) is 13.1 Å². The molecule has 1 aliphatic heterocycles. The summed E-state index contributed by atoms with van der Waals surface area (Å²) in [6.07, 6.45) is 4.05.